The van der Waals surface area contributed by atoms with E-state index < -0.39 is 12.2 Å². The van der Waals surface area contributed by atoms with Gasteiger partial charge in [0.15, 0.2) is 16.6 Å². The number of aromatic nitrogens is 2. The largest absolute Gasteiger partial charge is 0.494 e. The number of carbonyl (C=O) groups excluding carboxylic acids is 1. The summed E-state index contributed by atoms with van der Waals surface area (Å²) in [5.41, 5.74) is 1.61. The number of carbonyl (C=O) groups is 1. The minimum Gasteiger partial charge on any atom is -0.494 e. The van der Waals surface area contributed by atoms with E-state index in [9.17, 15) is 4.79 Å². The molecule has 0 spiro atoms. The van der Waals surface area contributed by atoms with E-state index in [0.717, 1.165) is 15.8 Å². The summed E-state index contributed by atoms with van der Waals surface area (Å²) in [5.74, 6) is 1.62. The van der Waals surface area contributed by atoms with Crippen molar-refractivity contribution in [1.82, 2.24) is 9.97 Å². The number of hydrogen-bond acceptors (Lipinski definition) is 7. The first kappa shape index (κ1) is 20.3. The summed E-state index contributed by atoms with van der Waals surface area (Å²) in [7, 11) is 1.61. The van der Waals surface area contributed by atoms with Crippen LogP contribution in [0.4, 0.5) is 5.13 Å². The van der Waals surface area contributed by atoms with Gasteiger partial charge in [-0.25, -0.2) is 4.98 Å². The van der Waals surface area contributed by atoms with Crippen LogP contribution in [0.25, 0.3) is 10.2 Å². The van der Waals surface area contributed by atoms with Crippen LogP contribution in [0.15, 0.2) is 67.0 Å². The van der Waals surface area contributed by atoms with E-state index in [-0.39, 0.29) is 5.91 Å². The van der Waals surface area contributed by atoms with Gasteiger partial charge in [0.25, 0.3) is 5.91 Å². The molecule has 2 aromatic carbocycles. The number of para-hydroxylation sites is 3. The van der Waals surface area contributed by atoms with Crippen molar-refractivity contribution in [1.29, 1.82) is 0 Å². The fourth-order valence-electron chi connectivity index (χ4n) is 3.65. The van der Waals surface area contributed by atoms with Gasteiger partial charge >= 0.3 is 0 Å². The van der Waals surface area contributed by atoms with E-state index in [0.29, 0.717) is 28.9 Å². The van der Waals surface area contributed by atoms with Gasteiger partial charge in [0.05, 0.1) is 18.4 Å². The summed E-state index contributed by atoms with van der Waals surface area (Å²) < 4.78 is 18.5. The van der Waals surface area contributed by atoms with E-state index in [4.69, 9.17) is 19.2 Å². The van der Waals surface area contributed by atoms with Crippen LogP contribution in [0.5, 0.6) is 17.2 Å². The standard InChI is InChI=1S/C24H21N3O4S/c1-15-22(31-18-9-4-3-8-17(18)30-15)23(28)27(14-16-7-6-12-25-13-16)24-26-21-19(29-2)10-5-11-20(21)32-24/h3-13,15,22H,14H2,1-2H3. The maximum Gasteiger partial charge on any atom is 0.274 e. The lowest BCUT2D eigenvalue weighted by atomic mass is 10.1. The molecule has 0 N–H and O–H groups in total. The van der Waals surface area contributed by atoms with Crippen LogP contribution in [-0.4, -0.2) is 35.2 Å². The van der Waals surface area contributed by atoms with Gasteiger partial charge in [-0.3, -0.25) is 14.7 Å². The summed E-state index contributed by atoms with van der Waals surface area (Å²) >= 11 is 1.43. The number of ether oxygens (including phenoxy) is 3. The Morgan fingerprint density at radius 2 is 1.91 bits per heavy atom. The summed E-state index contributed by atoms with van der Waals surface area (Å²) in [4.78, 5) is 24.4. The second-order valence-corrected chi connectivity index (χ2v) is 8.41. The van der Waals surface area contributed by atoms with E-state index in [2.05, 4.69) is 4.98 Å². The molecule has 0 aliphatic carbocycles. The molecule has 0 fully saturated rings. The molecule has 1 aliphatic rings. The average Bonchev–Trinajstić information content (AvgIpc) is 3.26. The Bertz CT molecular complexity index is 1260. The van der Waals surface area contributed by atoms with E-state index >= 15 is 0 Å². The van der Waals surface area contributed by atoms with E-state index in [1.54, 1.807) is 30.5 Å². The van der Waals surface area contributed by atoms with Crippen molar-refractivity contribution in [2.45, 2.75) is 25.7 Å². The zero-order valence-electron chi connectivity index (χ0n) is 17.6. The van der Waals surface area contributed by atoms with Crippen LogP contribution in [0.2, 0.25) is 0 Å². The Kier molecular flexibility index (Phi) is 5.36. The highest BCUT2D eigenvalue weighted by Crippen LogP contribution is 2.37. The topological polar surface area (TPSA) is 73.8 Å². The lowest BCUT2D eigenvalue weighted by Gasteiger charge is -2.33. The molecule has 2 aromatic heterocycles. The van der Waals surface area contributed by atoms with Crippen LogP contribution < -0.4 is 19.1 Å². The van der Waals surface area contributed by atoms with Crippen molar-refractivity contribution in [3.05, 3.63) is 72.6 Å². The number of rotatable bonds is 5. The third-order valence-corrected chi connectivity index (χ3v) is 6.28. The van der Waals surface area contributed by atoms with E-state index in [1.807, 2.05) is 55.5 Å². The molecule has 0 radical (unpaired) electrons. The monoisotopic (exact) mass is 447 g/mol. The number of benzene rings is 2. The zero-order chi connectivity index (χ0) is 22.1. The normalized spacial score (nSPS) is 17.2. The third-order valence-electron chi connectivity index (χ3n) is 5.24. The Labute approximate surface area is 189 Å². The van der Waals surface area contributed by atoms with Crippen molar-refractivity contribution in [3.8, 4) is 17.2 Å². The van der Waals surface area contributed by atoms with Gasteiger partial charge in [-0.1, -0.05) is 35.6 Å². The number of methoxy groups -OCH3 is 1. The summed E-state index contributed by atoms with van der Waals surface area (Å²) in [6.07, 6.45) is 2.17. The first-order chi connectivity index (χ1) is 15.6. The number of nitrogens with zero attached hydrogens (tertiary/aromatic N) is 3. The summed E-state index contributed by atoms with van der Waals surface area (Å²) in [6, 6.07) is 16.9. The number of pyridine rings is 1. The highest BCUT2D eigenvalue weighted by Gasteiger charge is 2.38. The van der Waals surface area contributed by atoms with Crippen molar-refractivity contribution >= 4 is 32.6 Å². The Morgan fingerprint density at radius 1 is 1.09 bits per heavy atom. The predicted octanol–water partition coefficient (Wildman–Crippen LogP) is 4.46. The number of fused-ring (bicyclic) bond motifs is 2. The van der Waals surface area contributed by atoms with Crippen molar-refractivity contribution < 1.29 is 19.0 Å². The van der Waals surface area contributed by atoms with Crippen LogP contribution in [0.3, 0.4) is 0 Å². The highest BCUT2D eigenvalue weighted by molar-refractivity contribution is 7.22. The number of amides is 1. The minimum absolute atomic E-state index is 0.228. The second kappa shape index (κ2) is 8.47. The Balaban J connectivity index is 1.54. The van der Waals surface area contributed by atoms with Crippen LogP contribution in [-0.2, 0) is 11.3 Å². The average molecular weight is 448 g/mol. The van der Waals surface area contributed by atoms with Crippen LogP contribution in [0.1, 0.15) is 12.5 Å². The Hall–Kier alpha value is -3.65. The van der Waals surface area contributed by atoms with Gasteiger partial charge in [-0.2, -0.15) is 0 Å². The molecule has 0 saturated carbocycles. The molecule has 4 aromatic rings. The second-order valence-electron chi connectivity index (χ2n) is 7.40. The van der Waals surface area contributed by atoms with Crippen molar-refractivity contribution in [2.75, 3.05) is 12.0 Å². The fraction of sp³-hybridized carbons (Fsp3) is 0.208. The molecule has 8 heteroatoms. The number of anilines is 1. The van der Waals surface area contributed by atoms with Gasteiger partial charge in [0.2, 0.25) is 6.10 Å². The molecular formula is C24H21N3O4S. The SMILES string of the molecule is COc1cccc2sc(N(Cc3cccnc3)C(=O)C3Oc4ccccc4OC3C)nc12. The molecule has 32 heavy (non-hydrogen) atoms. The molecule has 1 aliphatic heterocycles. The first-order valence-corrected chi connectivity index (χ1v) is 11.0. The molecule has 0 bridgehead atoms. The van der Waals surface area contributed by atoms with Crippen LogP contribution in [0, 0.1) is 0 Å². The smallest absolute Gasteiger partial charge is 0.274 e. The van der Waals surface area contributed by atoms with Gasteiger partial charge in [0, 0.05) is 12.4 Å². The molecular weight excluding hydrogens is 426 g/mol. The molecule has 0 saturated heterocycles. The summed E-state index contributed by atoms with van der Waals surface area (Å²) in [6.45, 7) is 2.14. The van der Waals surface area contributed by atoms with Gasteiger partial charge in [-0.05, 0) is 42.8 Å². The van der Waals surface area contributed by atoms with Crippen LogP contribution >= 0.6 is 11.3 Å². The quantitative estimate of drug-likeness (QED) is 0.450. The molecule has 2 unspecified atom stereocenters. The van der Waals surface area contributed by atoms with Gasteiger partial charge < -0.3 is 14.2 Å². The van der Waals surface area contributed by atoms with Crippen molar-refractivity contribution in [3.63, 3.8) is 0 Å². The molecule has 2 atom stereocenters. The van der Waals surface area contributed by atoms with Gasteiger partial charge in [0.1, 0.15) is 17.4 Å². The molecule has 5 rings (SSSR count). The third kappa shape index (κ3) is 3.73. The van der Waals surface area contributed by atoms with Gasteiger partial charge in [-0.15, -0.1) is 0 Å². The maximum absolute atomic E-state index is 13.8. The lowest BCUT2D eigenvalue weighted by molar-refractivity contribution is -0.130. The lowest BCUT2D eigenvalue weighted by Crippen LogP contribution is -2.50. The Morgan fingerprint density at radius 3 is 2.66 bits per heavy atom. The molecule has 162 valence electrons. The maximum atomic E-state index is 13.8. The molecule has 7 nitrogen and oxygen atoms in total. The molecule has 1 amide bonds. The minimum atomic E-state index is -0.810. The number of hydrogen-bond donors (Lipinski definition) is 0. The molecule has 3 heterocycles. The van der Waals surface area contributed by atoms with Crippen molar-refractivity contribution in [2.24, 2.45) is 0 Å². The fourth-order valence-corrected chi connectivity index (χ4v) is 4.64. The zero-order valence-corrected chi connectivity index (χ0v) is 18.4. The van der Waals surface area contributed by atoms with E-state index in [1.165, 1.54) is 11.3 Å². The highest BCUT2D eigenvalue weighted by atomic mass is 32.1. The number of thiazole rings is 1. The first-order valence-electron chi connectivity index (χ1n) is 10.2. The predicted molar refractivity (Wildman–Crippen MR) is 123 cm³/mol. The summed E-state index contributed by atoms with van der Waals surface area (Å²) in [5, 5.41) is 0.563.